The average molecular weight is 257 g/mol. The van der Waals surface area contributed by atoms with Gasteiger partial charge in [0, 0.05) is 0 Å². The molecule has 0 saturated carbocycles. The molecule has 0 saturated heterocycles. The molecular weight excluding hydrogens is 236 g/mol. The van der Waals surface area contributed by atoms with Crippen LogP contribution < -0.4 is 10.5 Å². The SMILES string of the molecule is CCCCCCCCOc1ccc(N)c(F)c1F. The minimum absolute atomic E-state index is 0.0599. The topological polar surface area (TPSA) is 35.2 Å². The van der Waals surface area contributed by atoms with Gasteiger partial charge in [-0.05, 0) is 18.6 Å². The van der Waals surface area contributed by atoms with Gasteiger partial charge in [-0.15, -0.1) is 0 Å². The minimum atomic E-state index is -1.03. The normalized spacial score (nSPS) is 10.6. The van der Waals surface area contributed by atoms with Crippen molar-refractivity contribution in [2.75, 3.05) is 12.3 Å². The molecule has 0 unspecified atom stereocenters. The summed E-state index contributed by atoms with van der Waals surface area (Å²) in [6.07, 6.45) is 6.76. The summed E-state index contributed by atoms with van der Waals surface area (Å²) in [5.74, 6) is -2.09. The Labute approximate surface area is 107 Å². The van der Waals surface area contributed by atoms with Crippen LogP contribution >= 0.6 is 0 Å². The number of nitrogen functional groups attached to an aromatic ring is 1. The summed E-state index contributed by atoms with van der Waals surface area (Å²) >= 11 is 0. The molecule has 2 N–H and O–H groups in total. The third-order valence-electron chi connectivity index (χ3n) is 2.83. The molecule has 1 aromatic rings. The maximum atomic E-state index is 13.4. The Hall–Kier alpha value is -1.32. The number of unbranched alkanes of at least 4 members (excludes halogenated alkanes) is 5. The van der Waals surface area contributed by atoms with E-state index in [0.29, 0.717) is 6.61 Å². The maximum absolute atomic E-state index is 13.4. The van der Waals surface area contributed by atoms with E-state index in [1.54, 1.807) is 0 Å². The van der Waals surface area contributed by atoms with Crippen LogP contribution in [-0.4, -0.2) is 6.61 Å². The zero-order valence-corrected chi connectivity index (χ0v) is 10.8. The standard InChI is InChI=1S/C14H21F2NO/c1-2-3-4-5-6-7-10-18-12-9-8-11(17)13(15)14(12)16/h8-9H,2-7,10,17H2,1H3. The van der Waals surface area contributed by atoms with Gasteiger partial charge in [0.1, 0.15) is 0 Å². The molecule has 0 aliphatic heterocycles. The Balaban J connectivity index is 2.25. The summed E-state index contributed by atoms with van der Waals surface area (Å²) < 4.78 is 31.7. The number of ether oxygens (including phenoxy) is 1. The predicted molar refractivity (Wildman–Crippen MR) is 69.6 cm³/mol. The lowest BCUT2D eigenvalue weighted by molar-refractivity contribution is 0.285. The number of hydrogen-bond acceptors (Lipinski definition) is 2. The molecule has 0 aromatic heterocycles. The Morgan fingerprint density at radius 3 is 2.39 bits per heavy atom. The molecule has 0 radical (unpaired) electrons. The van der Waals surface area contributed by atoms with E-state index in [9.17, 15) is 8.78 Å². The van der Waals surface area contributed by atoms with Crippen molar-refractivity contribution in [3.05, 3.63) is 23.8 Å². The predicted octanol–water partition coefficient (Wildman–Crippen LogP) is 4.29. The van der Waals surface area contributed by atoms with E-state index in [2.05, 4.69) is 6.92 Å². The van der Waals surface area contributed by atoms with Crippen molar-refractivity contribution in [3.8, 4) is 5.75 Å². The number of benzene rings is 1. The highest BCUT2D eigenvalue weighted by atomic mass is 19.2. The monoisotopic (exact) mass is 257 g/mol. The number of nitrogens with two attached hydrogens (primary N) is 1. The van der Waals surface area contributed by atoms with Gasteiger partial charge in [0.2, 0.25) is 5.82 Å². The third-order valence-corrected chi connectivity index (χ3v) is 2.83. The highest BCUT2D eigenvalue weighted by molar-refractivity contribution is 5.44. The molecule has 0 aliphatic rings. The quantitative estimate of drug-likeness (QED) is 0.557. The number of rotatable bonds is 8. The highest BCUT2D eigenvalue weighted by Crippen LogP contribution is 2.24. The number of hydrogen-bond donors (Lipinski definition) is 1. The molecule has 2 nitrogen and oxygen atoms in total. The van der Waals surface area contributed by atoms with Crippen LogP contribution in [-0.2, 0) is 0 Å². The Morgan fingerprint density at radius 1 is 1.00 bits per heavy atom. The van der Waals surface area contributed by atoms with Crippen molar-refractivity contribution >= 4 is 5.69 Å². The fourth-order valence-electron chi connectivity index (χ4n) is 1.72. The molecule has 1 aromatic carbocycles. The van der Waals surface area contributed by atoms with E-state index >= 15 is 0 Å². The van der Waals surface area contributed by atoms with Crippen LogP contribution in [0, 0.1) is 11.6 Å². The van der Waals surface area contributed by atoms with Crippen LogP contribution in [0.2, 0.25) is 0 Å². The summed E-state index contributed by atoms with van der Waals surface area (Å²) in [6.45, 7) is 2.58. The molecular formula is C14H21F2NO. The number of anilines is 1. The van der Waals surface area contributed by atoms with Gasteiger partial charge in [-0.25, -0.2) is 4.39 Å². The zero-order valence-electron chi connectivity index (χ0n) is 10.8. The van der Waals surface area contributed by atoms with E-state index in [1.165, 1.54) is 31.4 Å². The van der Waals surface area contributed by atoms with E-state index in [0.717, 1.165) is 19.3 Å². The fraction of sp³-hybridized carbons (Fsp3) is 0.571. The highest BCUT2D eigenvalue weighted by Gasteiger charge is 2.12. The average Bonchev–Trinajstić information content (AvgIpc) is 2.37. The lowest BCUT2D eigenvalue weighted by Gasteiger charge is -2.08. The van der Waals surface area contributed by atoms with Crippen LogP contribution in [0.25, 0.3) is 0 Å². The van der Waals surface area contributed by atoms with Crippen molar-refractivity contribution in [3.63, 3.8) is 0 Å². The molecule has 4 heteroatoms. The summed E-state index contributed by atoms with van der Waals surface area (Å²) in [7, 11) is 0. The van der Waals surface area contributed by atoms with Crippen LogP contribution in [0.5, 0.6) is 5.75 Å². The second kappa shape index (κ2) is 7.90. The van der Waals surface area contributed by atoms with Gasteiger partial charge in [0.05, 0.1) is 12.3 Å². The fourth-order valence-corrected chi connectivity index (χ4v) is 1.72. The molecule has 18 heavy (non-hydrogen) atoms. The zero-order chi connectivity index (χ0) is 13.4. The first-order valence-electron chi connectivity index (χ1n) is 6.53. The molecule has 1 rings (SSSR count). The van der Waals surface area contributed by atoms with Crippen molar-refractivity contribution in [2.24, 2.45) is 0 Å². The molecule has 102 valence electrons. The van der Waals surface area contributed by atoms with Gasteiger partial charge in [0.25, 0.3) is 0 Å². The third kappa shape index (κ3) is 4.51. The lowest BCUT2D eigenvalue weighted by Crippen LogP contribution is -2.02. The van der Waals surface area contributed by atoms with Crippen molar-refractivity contribution < 1.29 is 13.5 Å². The molecule has 0 amide bonds. The van der Waals surface area contributed by atoms with Gasteiger partial charge in [-0.3, -0.25) is 0 Å². The summed E-state index contributed by atoms with van der Waals surface area (Å²) in [6, 6.07) is 2.68. The van der Waals surface area contributed by atoms with Gasteiger partial charge >= 0.3 is 0 Å². The summed E-state index contributed by atoms with van der Waals surface area (Å²) in [5, 5.41) is 0. The molecule has 0 aliphatic carbocycles. The van der Waals surface area contributed by atoms with Gasteiger partial charge in [-0.2, -0.15) is 4.39 Å². The molecule has 0 atom stereocenters. The van der Waals surface area contributed by atoms with Crippen LogP contribution in [0.3, 0.4) is 0 Å². The molecule has 0 bridgehead atoms. The van der Waals surface area contributed by atoms with Gasteiger partial charge in [0.15, 0.2) is 11.6 Å². The second-order valence-corrected chi connectivity index (χ2v) is 4.40. The molecule has 0 heterocycles. The maximum Gasteiger partial charge on any atom is 0.202 e. The Morgan fingerprint density at radius 2 is 1.67 bits per heavy atom. The first kappa shape index (κ1) is 14.7. The molecule has 0 fully saturated rings. The van der Waals surface area contributed by atoms with E-state index < -0.39 is 11.6 Å². The first-order chi connectivity index (χ1) is 8.66. The molecule has 0 spiro atoms. The lowest BCUT2D eigenvalue weighted by atomic mass is 10.1. The Bertz CT molecular complexity index is 369. The summed E-state index contributed by atoms with van der Waals surface area (Å²) in [4.78, 5) is 0. The number of halogens is 2. The van der Waals surface area contributed by atoms with E-state index in [4.69, 9.17) is 10.5 Å². The van der Waals surface area contributed by atoms with Gasteiger partial charge in [-0.1, -0.05) is 39.0 Å². The largest absolute Gasteiger partial charge is 0.490 e. The van der Waals surface area contributed by atoms with Crippen molar-refractivity contribution in [1.29, 1.82) is 0 Å². The van der Waals surface area contributed by atoms with E-state index in [-0.39, 0.29) is 11.4 Å². The minimum Gasteiger partial charge on any atom is -0.490 e. The summed E-state index contributed by atoms with van der Waals surface area (Å²) in [5.41, 5.74) is 5.05. The van der Waals surface area contributed by atoms with Crippen LogP contribution in [0.4, 0.5) is 14.5 Å². The van der Waals surface area contributed by atoms with Crippen molar-refractivity contribution in [2.45, 2.75) is 45.4 Å². The van der Waals surface area contributed by atoms with Crippen molar-refractivity contribution in [1.82, 2.24) is 0 Å². The second-order valence-electron chi connectivity index (χ2n) is 4.40. The smallest absolute Gasteiger partial charge is 0.202 e. The van der Waals surface area contributed by atoms with E-state index in [1.807, 2.05) is 0 Å². The van der Waals surface area contributed by atoms with Crippen LogP contribution in [0.15, 0.2) is 12.1 Å². The van der Waals surface area contributed by atoms with Gasteiger partial charge < -0.3 is 10.5 Å². The van der Waals surface area contributed by atoms with Crippen LogP contribution in [0.1, 0.15) is 45.4 Å². The Kier molecular flexibility index (Phi) is 6.47. The first-order valence-corrected chi connectivity index (χ1v) is 6.53.